The number of alkyl halides is 3. The molecular formula is C23H24F4N2O2S. The minimum Gasteiger partial charge on any atom is -0.334 e. The molecule has 1 aliphatic rings. The molecule has 3 rings (SSSR count). The summed E-state index contributed by atoms with van der Waals surface area (Å²) in [5, 5.41) is -0.982. The van der Waals surface area contributed by atoms with Crippen molar-refractivity contribution in [3.63, 3.8) is 0 Å². The Hall–Kier alpha value is -2.55. The van der Waals surface area contributed by atoms with Gasteiger partial charge in [-0.1, -0.05) is 12.1 Å². The van der Waals surface area contributed by atoms with Gasteiger partial charge in [0.05, 0.1) is 10.8 Å². The quantitative estimate of drug-likeness (QED) is 0.536. The monoisotopic (exact) mass is 468 g/mol. The number of carbonyl (C=O) groups excluding carboxylic acids is 2. The smallest absolute Gasteiger partial charge is 0.334 e. The van der Waals surface area contributed by atoms with Crippen LogP contribution in [-0.2, 0) is 11.0 Å². The van der Waals surface area contributed by atoms with Crippen molar-refractivity contribution in [3.05, 3.63) is 71.0 Å². The standard InChI is InChI=1S/C23H24F4N2O2S/c1-14(2)28(21(31)16-7-9-19(24)10-8-16)11-12-29-20(30)15(3)32-22(29)17-5-4-6-18(13-17)23(25,26)27/h4-10,13-15,22H,11-12H2,1-3H3/t15-,22-/m0/s1. The van der Waals surface area contributed by atoms with Crippen molar-refractivity contribution < 1.29 is 27.2 Å². The molecule has 2 aromatic rings. The van der Waals surface area contributed by atoms with Crippen molar-refractivity contribution in [1.29, 1.82) is 0 Å². The molecule has 1 fully saturated rings. The Labute approximate surface area is 188 Å². The van der Waals surface area contributed by atoms with Crippen LogP contribution in [0.4, 0.5) is 17.6 Å². The number of benzene rings is 2. The average Bonchev–Trinajstić information content (AvgIpc) is 3.02. The summed E-state index contributed by atoms with van der Waals surface area (Å²) >= 11 is 1.28. The lowest BCUT2D eigenvalue weighted by Gasteiger charge is -2.31. The van der Waals surface area contributed by atoms with Gasteiger partial charge in [0, 0.05) is 24.7 Å². The van der Waals surface area contributed by atoms with Crippen LogP contribution in [0.5, 0.6) is 0 Å². The van der Waals surface area contributed by atoms with Gasteiger partial charge in [-0.25, -0.2) is 4.39 Å². The Morgan fingerprint density at radius 2 is 1.81 bits per heavy atom. The van der Waals surface area contributed by atoms with E-state index in [0.717, 1.165) is 12.1 Å². The Bertz CT molecular complexity index is 979. The molecule has 32 heavy (non-hydrogen) atoms. The SMILES string of the molecule is CC(C)N(CCN1C(=O)[C@H](C)S[C@H]1c1cccc(C(F)(F)F)c1)C(=O)c1ccc(F)cc1. The van der Waals surface area contributed by atoms with E-state index >= 15 is 0 Å². The molecule has 0 radical (unpaired) electrons. The molecule has 1 aliphatic heterocycles. The van der Waals surface area contributed by atoms with E-state index in [1.165, 1.54) is 47.0 Å². The molecule has 0 spiro atoms. The maximum Gasteiger partial charge on any atom is 0.416 e. The first-order valence-electron chi connectivity index (χ1n) is 10.2. The molecule has 2 amide bonds. The van der Waals surface area contributed by atoms with Crippen LogP contribution >= 0.6 is 11.8 Å². The second-order valence-electron chi connectivity index (χ2n) is 7.88. The van der Waals surface area contributed by atoms with Crippen molar-refractivity contribution in [2.75, 3.05) is 13.1 Å². The van der Waals surface area contributed by atoms with Gasteiger partial charge >= 0.3 is 6.18 Å². The highest BCUT2D eigenvalue weighted by molar-refractivity contribution is 8.01. The molecule has 0 aliphatic carbocycles. The van der Waals surface area contributed by atoms with Gasteiger partial charge in [0.2, 0.25) is 5.91 Å². The van der Waals surface area contributed by atoms with Crippen molar-refractivity contribution in [2.45, 2.75) is 43.6 Å². The van der Waals surface area contributed by atoms with Gasteiger partial charge in [-0.15, -0.1) is 11.8 Å². The molecule has 0 aromatic heterocycles. The zero-order chi connectivity index (χ0) is 23.6. The Morgan fingerprint density at radius 1 is 1.16 bits per heavy atom. The van der Waals surface area contributed by atoms with Crippen LogP contribution in [0.1, 0.15) is 47.6 Å². The van der Waals surface area contributed by atoms with Gasteiger partial charge in [-0.3, -0.25) is 9.59 Å². The van der Waals surface area contributed by atoms with Crippen LogP contribution in [-0.4, -0.2) is 46.0 Å². The van der Waals surface area contributed by atoms with E-state index in [-0.39, 0.29) is 30.9 Å². The number of hydrogen-bond acceptors (Lipinski definition) is 3. The van der Waals surface area contributed by atoms with Crippen LogP contribution in [0, 0.1) is 5.82 Å². The molecule has 2 aromatic carbocycles. The zero-order valence-corrected chi connectivity index (χ0v) is 18.7. The van der Waals surface area contributed by atoms with Gasteiger partial charge in [0.25, 0.3) is 5.91 Å². The number of hydrogen-bond donors (Lipinski definition) is 0. The highest BCUT2D eigenvalue weighted by atomic mass is 32.2. The highest BCUT2D eigenvalue weighted by Crippen LogP contribution is 2.44. The molecule has 172 valence electrons. The van der Waals surface area contributed by atoms with Crippen LogP contribution in [0.2, 0.25) is 0 Å². The second-order valence-corrected chi connectivity index (χ2v) is 9.31. The summed E-state index contributed by atoms with van der Waals surface area (Å²) in [4.78, 5) is 28.8. The van der Waals surface area contributed by atoms with E-state index in [1.807, 2.05) is 13.8 Å². The number of nitrogens with zero attached hydrogens (tertiary/aromatic N) is 2. The predicted molar refractivity (Wildman–Crippen MR) is 116 cm³/mol. The van der Waals surface area contributed by atoms with Gasteiger partial charge in [0.1, 0.15) is 11.2 Å². The lowest BCUT2D eigenvalue weighted by Crippen LogP contribution is -2.43. The summed E-state index contributed by atoms with van der Waals surface area (Å²) in [6.07, 6.45) is -4.48. The van der Waals surface area contributed by atoms with Gasteiger partial charge < -0.3 is 9.80 Å². The highest BCUT2D eigenvalue weighted by Gasteiger charge is 2.40. The van der Waals surface area contributed by atoms with Crippen molar-refractivity contribution in [1.82, 2.24) is 9.80 Å². The largest absolute Gasteiger partial charge is 0.416 e. The maximum atomic E-state index is 13.2. The number of thioether (sulfide) groups is 1. The Morgan fingerprint density at radius 3 is 2.41 bits per heavy atom. The molecular weight excluding hydrogens is 444 g/mol. The molecule has 0 N–H and O–H groups in total. The van der Waals surface area contributed by atoms with Crippen LogP contribution < -0.4 is 0 Å². The fourth-order valence-corrected chi connectivity index (χ4v) is 4.90. The minimum atomic E-state index is -4.48. The summed E-state index contributed by atoms with van der Waals surface area (Å²) in [5.74, 6) is -0.937. The fraction of sp³-hybridized carbons (Fsp3) is 0.391. The summed E-state index contributed by atoms with van der Waals surface area (Å²) in [5.41, 5.74) is -0.0497. The lowest BCUT2D eigenvalue weighted by molar-refractivity contribution is -0.137. The van der Waals surface area contributed by atoms with E-state index in [2.05, 4.69) is 0 Å². The average molecular weight is 469 g/mol. The van der Waals surface area contributed by atoms with Crippen molar-refractivity contribution in [3.8, 4) is 0 Å². The second kappa shape index (κ2) is 9.52. The number of halogens is 4. The van der Waals surface area contributed by atoms with E-state index in [1.54, 1.807) is 17.9 Å². The zero-order valence-electron chi connectivity index (χ0n) is 17.9. The normalized spacial score (nSPS) is 19.0. The summed E-state index contributed by atoms with van der Waals surface area (Å²) < 4.78 is 52.7. The third-order valence-electron chi connectivity index (χ3n) is 5.30. The molecule has 0 bridgehead atoms. The van der Waals surface area contributed by atoms with Gasteiger partial charge in [0.15, 0.2) is 0 Å². The molecule has 9 heteroatoms. The Balaban J connectivity index is 1.81. The molecule has 4 nitrogen and oxygen atoms in total. The molecule has 1 heterocycles. The molecule has 2 atom stereocenters. The first-order valence-corrected chi connectivity index (χ1v) is 11.1. The summed E-state index contributed by atoms with van der Waals surface area (Å²) in [6.45, 7) is 5.74. The van der Waals surface area contributed by atoms with Gasteiger partial charge in [-0.05, 0) is 62.7 Å². The van der Waals surface area contributed by atoms with E-state index < -0.39 is 28.2 Å². The number of rotatable bonds is 6. The first kappa shape index (κ1) is 24.1. The van der Waals surface area contributed by atoms with Crippen LogP contribution in [0.25, 0.3) is 0 Å². The van der Waals surface area contributed by atoms with Crippen molar-refractivity contribution in [2.24, 2.45) is 0 Å². The molecule has 0 saturated carbocycles. The summed E-state index contributed by atoms with van der Waals surface area (Å²) in [7, 11) is 0. The summed E-state index contributed by atoms with van der Waals surface area (Å²) in [6, 6.07) is 10.0. The van der Waals surface area contributed by atoms with Crippen LogP contribution in [0.3, 0.4) is 0 Å². The number of carbonyl (C=O) groups is 2. The van der Waals surface area contributed by atoms with E-state index in [0.29, 0.717) is 11.1 Å². The topological polar surface area (TPSA) is 40.6 Å². The van der Waals surface area contributed by atoms with Crippen LogP contribution in [0.15, 0.2) is 48.5 Å². The van der Waals surface area contributed by atoms with Crippen molar-refractivity contribution >= 4 is 23.6 Å². The fourth-order valence-electron chi connectivity index (χ4n) is 3.60. The van der Waals surface area contributed by atoms with E-state index in [4.69, 9.17) is 0 Å². The number of amides is 2. The van der Waals surface area contributed by atoms with Gasteiger partial charge in [-0.2, -0.15) is 13.2 Å². The van der Waals surface area contributed by atoms with E-state index in [9.17, 15) is 27.2 Å². The molecule has 0 unspecified atom stereocenters. The molecule has 1 saturated heterocycles. The lowest BCUT2D eigenvalue weighted by atomic mass is 10.1. The third-order valence-corrected chi connectivity index (χ3v) is 6.70. The Kier molecular flexibility index (Phi) is 7.17. The first-order chi connectivity index (χ1) is 15.0. The third kappa shape index (κ3) is 5.26. The predicted octanol–water partition coefficient (Wildman–Crippen LogP) is 5.36. The maximum absolute atomic E-state index is 13.2. The minimum absolute atomic E-state index is 0.169.